The molecule has 2 aromatic rings. The molecule has 0 aliphatic rings. The third kappa shape index (κ3) is 2.36. The van der Waals surface area contributed by atoms with Crippen molar-refractivity contribution in [1.82, 2.24) is 0 Å². The Kier molecular flexibility index (Phi) is 3.02. The molecule has 0 atom stereocenters. The Balaban J connectivity index is 2.32. The summed E-state index contributed by atoms with van der Waals surface area (Å²) >= 11 is 0. The molecule has 0 aliphatic heterocycles. The van der Waals surface area contributed by atoms with Gasteiger partial charge in [0.25, 0.3) is 0 Å². The minimum Gasteiger partial charge on any atom is -0.0628 e. The molecule has 1 heteroatoms. The van der Waals surface area contributed by atoms with Crippen LogP contribution in [0.4, 0.5) is 0 Å². The summed E-state index contributed by atoms with van der Waals surface area (Å²) in [6.07, 6.45) is 0. The Hall–Kier alpha value is -1.34. The Morgan fingerprint density at radius 2 is 1.47 bits per heavy atom. The van der Waals surface area contributed by atoms with Crippen LogP contribution in [0, 0.1) is 6.92 Å². The SMILES string of the molecule is Cc1cccc([Si](C)c2ccccc2)c1. The van der Waals surface area contributed by atoms with E-state index < -0.39 is 8.80 Å². The Morgan fingerprint density at radius 3 is 2.13 bits per heavy atom. The highest BCUT2D eigenvalue weighted by molar-refractivity contribution is 6.84. The second-order valence-electron chi connectivity index (χ2n) is 3.86. The minimum atomic E-state index is -0.567. The van der Waals surface area contributed by atoms with Crippen LogP contribution in [-0.4, -0.2) is 8.80 Å². The van der Waals surface area contributed by atoms with Crippen LogP contribution in [-0.2, 0) is 0 Å². The van der Waals surface area contributed by atoms with Crippen molar-refractivity contribution in [2.75, 3.05) is 0 Å². The molecular weight excluding hydrogens is 196 g/mol. The van der Waals surface area contributed by atoms with Gasteiger partial charge in [0.15, 0.2) is 0 Å². The number of benzene rings is 2. The molecule has 0 unspecified atom stereocenters. The molecule has 1 radical (unpaired) electrons. The van der Waals surface area contributed by atoms with Crippen LogP contribution in [0.1, 0.15) is 5.56 Å². The standard InChI is InChI=1S/C14H15Si/c1-12-7-6-10-14(11-12)15(2)13-8-4-3-5-9-13/h3-11H,1-2H3. The zero-order valence-corrected chi connectivity index (χ0v) is 10.2. The van der Waals surface area contributed by atoms with Crippen LogP contribution in [0.25, 0.3) is 0 Å². The first-order valence-corrected chi connectivity index (χ1v) is 7.23. The molecular formula is C14H15Si. The van der Waals surface area contributed by atoms with Crippen molar-refractivity contribution < 1.29 is 0 Å². The fourth-order valence-corrected chi connectivity index (χ4v) is 3.55. The van der Waals surface area contributed by atoms with Crippen LogP contribution >= 0.6 is 0 Å². The average molecular weight is 211 g/mol. The lowest BCUT2D eigenvalue weighted by molar-refractivity contribution is 1.49. The molecule has 75 valence electrons. The number of hydrogen-bond donors (Lipinski definition) is 0. The Labute approximate surface area is 93.2 Å². The van der Waals surface area contributed by atoms with E-state index in [-0.39, 0.29) is 0 Å². The minimum absolute atomic E-state index is 0.567. The van der Waals surface area contributed by atoms with Gasteiger partial charge in [-0.05, 0) is 6.92 Å². The highest BCUT2D eigenvalue weighted by Crippen LogP contribution is 1.96. The van der Waals surface area contributed by atoms with E-state index in [2.05, 4.69) is 68.1 Å². The first kappa shape index (κ1) is 10.2. The van der Waals surface area contributed by atoms with Gasteiger partial charge in [-0.1, -0.05) is 77.1 Å². The van der Waals surface area contributed by atoms with Gasteiger partial charge in [-0.3, -0.25) is 0 Å². The molecule has 0 saturated carbocycles. The van der Waals surface area contributed by atoms with E-state index in [1.165, 1.54) is 15.9 Å². The maximum Gasteiger partial charge on any atom is 0.118 e. The highest BCUT2D eigenvalue weighted by atomic mass is 28.3. The Morgan fingerprint density at radius 1 is 0.800 bits per heavy atom. The lowest BCUT2D eigenvalue weighted by Crippen LogP contribution is -2.39. The molecule has 0 spiro atoms. The zero-order chi connectivity index (χ0) is 10.7. The van der Waals surface area contributed by atoms with Crippen LogP contribution in [0.3, 0.4) is 0 Å². The smallest absolute Gasteiger partial charge is 0.0628 e. The van der Waals surface area contributed by atoms with Crippen molar-refractivity contribution in [3.63, 3.8) is 0 Å². The van der Waals surface area contributed by atoms with E-state index in [1.807, 2.05) is 0 Å². The van der Waals surface area contributed by atoms with Crippen LogP contribution in [0.5, 0.6) is 0 Å². The summed E-state index contributed by atoms with van der Waals surface area (Å²) in [7, 11) is -0.567. The van der Waals surface area contributed by atoms with Crippen LogP contribution in [0.2, 0.25) is 6.55 Å². The van der Waals surface area contributed by atoms with Gasteiger partial charge >= 0.3 is 0 Å². The molecule has 0 amide bonds. The summed E-state index contributed by atoms with van der Waals surface area (Å²) in [6, 6.07) is 19.7. The van der Waals surface area contributed by atoms with Gasteiger partial charge < -0.3 is 0 Å². The topological polar surface area (TPSA) is 0 Å². The van der Waals surface area contributed by atoms with Gasteiger partial charge in [0.05, 0.1) is 0 Å². The predicted octanol–water partition coefficient (Wildman–Crippen LogP) is 2.23. The van der Waals surface area contributed by atoms with Crippen molar-refractivity contribution in [2.24, 2.45) is 0 Å². The van der Waals surface area contributed by atoms with E-state index in [1.54, 1.807) is 0 Å². The van der Waals surface area contributed by atoms with E-state index in [4.69, 9.17) is 0 Å². The molecule has 0 saturated heterocycles. The van der Waals surface area contributed by atoms with Crippen molar-refractivity contribution in [2.45, 2.75) is 13.5 Å². The molecule has 2 rings (SSSR count). The molecule has 0 fully saturated rings. The zero-order valence-electron chi connectivity index (χ0n) is 9.20. The molecule has 0 aromatic heterocycles. The molecule has 2 aromatic carbocycles. The van der Waals surface area contributed by atoms with Gasteiger partial charge in [0, 0.05) is 0 Å². The maximum absolute atomic E-state index is 2.36. The van der Waals surface area contributed by atoms with Gasteiger partial charge in [-0.15, -0.1) is 0 Å². The van der Waals surface area contributed by atoms with Crippen molar-refractivity contribution in [1.29, 1.82) is 0 Å². The second-order valence-corrected chi connectivity index (χ2v) is 6.27. The molecule has 0 bridgehead atoms. The summed E-state index contributed by atoms with van der Waals surface area (Å²) in [5.41, 5.74) is 1.35. The first-order chi connectivity index (χ1) is 7.27. The normalized spacial score (nSPS) is 10.6. The summed E-state index contributed by atoms with van der Waals surface area (Å²) in [5, 5.41) is 2.97. The molecule has 15 heavy (non-hydrogen) atoms. The number of aryl methyl sites for hydroxylation is 1. The quantitative estimate of drug-likeness (QED) is 0.668. The van der Waals surface area contributed by atoms with Gasteiger partial charge in [0.1, 0.15) is 8.80 Å². The monoisotopic (exact) mass is 211 g/mol. The molecule has 0 N–H and O–H groups in total. The van der Waals surface area contributed by atoms with Crippen LogP contribution in [0.15, 0.2) is 54.6 Å². The van der Waals surface area contributed by atoms with Gasteiger partial charge in [-0.25, -0.2) is 0 Å². The largest absolute Gasteiger partial charge is 0.118 e. The van der Waals surface area contributed by atoms with Gasteiger partial charge in [-0.2, -0.15) is 0 Å². The number of rotatable bonds is 2. The van der Waals surface area contributed by atoms with Crippen molar-refractivity contribution in [3.8, 4) is 0 Å². The summed E-state index contributed by atoms with van der Waals surface area (Å²) in [5.74, 6) is 0. The third-order valence-corrected chi connectivity index (χ3v) is 5.03. The summed E-state index contributed by atoms with van der Waals surface area (Å²) in [4.78, 5) is 0. The van der Waals surface area contributed by atoms with Crippen molar-refractivity contribution >= 4 is 19.2 Å². The molecule has 0 nitrogen and oxygen atoms in total. The first-order valence-electron chi connectivity index (χ1n) is 5.23. The lowest BCUT2D eigenvalue weighted by Gasteiger charge is -2.10. The van der Waals surface area contributed by atoms with Crippen LogP contribution < -0.4 is 10.4 Å². The van der Waals surface area contributed by atoms with E-state index in [0.717, 1.165) is 0 Å². The fourth-order valence-electron chi connectivity index (χ4n) is 1.73. The lowest BCUT2D eigenvalue weighted by atomic mass is 10.2. The number of hydrogen-bond acceptors (Lipinski definition) is 0. The highest BCUT2D eigenvalue weighted by Gasteiger charge is 2.09. The second kappa shape index (κ2) is 4.45. The average Bonchev–Trinajstić information content (AvgIpc) is 2.29. The van der Waals surface area contributed by atoms with E-state index >= 15 is 0 Å². The van der Waals surface area contributed by atoms with Crippen molar-refractivity contribution in [3.05, 3.63) is 60.2 Å². The molecule has 0 aliphatic carbocycles. The Bertz CT molecular complexity index is 434. The predicted molar refractivity (Wildman–Crippen MR) is 68.5 cm³/mol. The molecule has 0 heterocycles. The summed E-state index contributed by atoms with van der Waals surface area (Å²) in [6.45, 7) is 4.51. The van der Waals surface area contributed by atoms with Gasteiger partial charge in [0.2, 0.25) is 0 Å². The summed E-state index contributed by atoms with van der Waals surface area (Å²) < 4.78 is 0. The maximum atomic E-state index is 2.36. The fraction of sp³-hybridized carbons (Fsp3) is 0.143. The van der Waals surface area contributed by atoms with E-state index in [9.17, 15) is 0 Å². The van der Waals surface area contributed by atoms with E-state index in [0.29, 0.717) is 0 Å². The third-order valence-electron chi connectivity index (χ3n) is 2.66.